The van der Waals surface area contributed by atoms with Crippen molar-refractivity contribution in [2.24, 2.45) is 0 Å². The molecule has 0 aromatic rings. The van der Waals surface area contributed by atoms with E-state index in [1.165, 1.54) is 0 Å². The Kier molecular flexibility index (Phi) is 7.15. The van der Waals surface area contributed by atoms with E-state index in [-0.39, 0.29) is 0 Å². The highest BCUT2D eigenvalue weighted by Crippen LogP contribution is 1.99. The first kappa shape index (κ1) is 10.4. The Bertz CT molecular complexity index is 93.3. The minimum atomic E-state index is -0.459. The molecule has 0 aliphatic carbocycles. The second-order valence-corrected chi connectivity index (χ2v) is 2.17. The van der Waals surface area contributed by atoms with E-state index in [4.69, 9.17) is 4.74 Å². The molecule has 0 saturated carbocycles. The zero-order valence-corrected chi connectivity index (χ0v) is 6.91. The maximum Gasteiger partial charge on any atom is 0.295 e. The number of rotatable bonds is 7. The van der Waals surface area contributed by atoms with Crippen molar-refractivity contribution in [1.82, 2.24) is 0 Å². The lowest BCUT2D eigenvalue weighted by Crippen LogP contribution is -2.15. The second-order valence-electron chi connectivity index (χ2n) is 2.17. The minimum absolute atomic E-state index is 0.391. The Morgan fingerprint density at radius 2 is 2.36 bits per heavy atom. The van der Waals surface area contributed by atoms with Crippen LogP contribution in [0.1, 0.15) is 26.2 Å². The van der Waals surface area contributed by atoms with E-state index in [0.29, 0.717) is 19.5 Å². The summed E-state index contributed by atoms with van der Waals surface area (Å²) in [5, 5.41) is 0. The van der Waals surface area contributed by atoms with Crippen LogP contribution in [0, 0.1) is 6.92 Å². The molecule has 1 atom stereocenters. The molecule has 0 amide bonds. The van der Waals surface area contributed by atoms with Crippen molar-refractivity contribution in [3.8, 4) is 0 Å². The fourth-order valence-electron chi connectivity index (χ4n) is 0.612. The van der Waals surface area contributed by atoms with Crippen molar-refractivity contribution in [1.29, 1.82) is 0 Å². The van der Waals surface area contributed by atoms with Crippen LogP contribution in [0.2, 0.25) is 0 Å². The molecule has 11 heavy (non-hydrogen) atoms. The van der Waals surface area contributed by atoms with Crippen molar-refractivity contribution in [2.75, 3.05) is 6.61 Å². The molecular weight excluding hydrogens is 144 g/mol. The molecule has 65 valence electrons. The minimum Gasteiger partial charge on any atom is -0.438 e. The van der Waals surface area contributed by atoms with Gasteiger partial charge in [-0.2, -0.15) is 0 Å². The summed E-state index contributed by atoms with van der Waals surface area (Å²) in [5.74, 6) is 0. The number of hydrogen-bond acceptors (Lipinski definition) is 3. The van der Waals surface area contributed by atoms with E-state index in [1.807, 2.05) is 0 Å². The molecule has 0 rings (SSSR count). The van der Waals surface area contributed by atoms with E-state index in [1.54, 1.807) is 0 Å². The van der Waals surface area contributed by atoms with Crippen LogP contribution in [0.15, 0.2) is 0 Å². The molecule has 3 heteroatoms. The van der Waals surface area contributed by atoms with E-state index in [0.717, 1.165) is 12.8 Å². The Morgan fingerprint density at radius 3 is 2.82 bits per heavy atom. The molecule has 0 N–H and O–H groups in total. The molecular formula is C8H15O3. The SMILES string of the molecule is [CH2]CC(OC=O)OCCCC. The van der Waals surface area contributed by atoms with Crippen LogP contribution in [-0.2, 0) is 14.3 Å². The molecule has 3 nitrogen and oxygen atoms in total. The van der Waals surface area contributed by atoms with Gasteiger partial charge in [0.25, 0.3) is 6.47 Å². The van der Waals surface area contributed by atoms with E-state index >= 15 is 0 Å². The Morgan fingerprint density at radius 1 is 1.64 bits per heavy atom. The van der Waals surface area contributed by atoms with Crippen molar-refractivity contribution in [2.45, 2.75) is 32.5 Å². The third-order valence-corrected chi connectivity index (χ3v) is 1.24. The van der Waals surface area contributed by atoms with Gasteiger partial charge in [0.15, 0.2) is 0 Å². The van der Waals surface area contributed by atoms with Gasteiger partial charge in [0.2, 0.25) is 6.29 Å². The third kappa shape index (κ3) is 5.85. The molecule has 0 saturated heterocycles. The van der Waals surface area contributed by atoms with Crippen LogP contribution in [0.25, 0.3) is 0 Å². The maximum atomic E-state index is 9.88. The Labute approximate surface area is 67.7 Å². The predicted octanol–water partition coefficient (Wildman–Crippen LogP) is 1.53. The Balaban J connectivity index is 3.27. The fraction of sp³-hybridized carbons (Fsp3) is 0.750. The van der Waals surface area contributed by atoms with Crippen molar-refractivity contribution in [3.63, 3.8) is 0 Å². The van der Waals surface area contributed by atoms with Crippen molar-refractivity contribution >= 4 is 6.47 Å². The lowest BCUT2D eigenvalue weighted by Gasteiger charge is -2.12. The topological polar surface area (TPSA) is 35.5 Å². The largest absolute Gasteiger partial charge is 0.438 e. The van der Waals surface area contributed by atoms with Gasteiger partial charge in [-0.15, -0.1) is 0 Å². The lowest BCUT2D eigenvalue weighted by molar-refractivity contribution is -0.163. The lowest BCUT2D eigenvalue weighted by atomic mass is 10.4. The number of ether oxygens (including phenoxy) is 2. The van der Waals surface area contributed by atoms with Gasteiger partial charge in [0, 0.05) is 6.42 Å². The second kappa shape index (κ2) is 7.54. The predicted molar refractivity (Wildman–Crippen MR) is 41.8 cm³/mol. The Hall–Kier alpha value is -0.570. The molecule has 0 aromatic carbocycles. The monoisotopic (exact) mass is 159 g/mol. The molecule has 0 heterocycles. The molecule has 0 aliphatic heterocycles. The molecule has 0 bridgehead atoms. The number of unbranched alkanes of at least 4 members (excludes halogenated alkanes) is 1. The first-order valence-electron chi connectivity index (χ1n) is 3.85. The molecule has 0 spiro atoms. The van der Waals surface area contributed by atoms with Gasteiger partial charge in [-0.3, -0.25) is 4.79 Å². The van der Waals surface area contributed by atoms with Crippen molar-refractivity contribution in [3.05, 3.63) is 6.92 Å². The van der Waals surface area contributed by atoms with Crippen LogP contribution in [0.3, 0.4) is 0 Å². The van der Waals surface area contributed by atoms with Gasteiger partial charge in [0.05, 0.1) is 6.61 Å². The quantitative estimate of drug-likeness (QED) is 0.321. The van der Waals surface area contributed by atoms with Crippen LogP contribution in [-0.4, -0.2) is 19.4 Å². The van der Waals surface area contributed by atoms with E-state index in [9.17, 15) is 4.79 Å². The smallest absolute Gasteiger partial charge is 0.295 e. The summed E-state index contributed by atoms with van der Waals surface area (Å²) < 4.78 is 9.73. The van der Waals surface area contributed by atoms with Crippen LogP contribution < -0.4 is 0 Å². The number of carbonyl (C=O) groups excluding carboxylic acids is 1. The van der Waals surface area contributed by atoms with E-state index < -0.39 is 6.29 Å². The summed E-state index contributed by atoms with van der Waals surface area (Å²) in [7, 11) is 0. The van der Waals surface area contributed by atoms with Crippen LogP contribution in [0.5, 0.6) is 0 Å². The first-order valence-corrected chi connectivity index (χ1v) is 3.85. The molecule has 1 radical (unpaired) electrons. The normalized spacial score (nSPS) is 12.5. The highest BCUT2D eigenvalue weighted by Gasteiger charge is 2.04. The summed E-state index contributed by atoms with van der Waals surface area (Å²) in [6.45, 7) is 6.67. The van der Waals surface area contributed by atoms with Gasteiger partial charge in [-0.1, -0.05) is 13.3 Å². The number of hydrogen-bond donors (Lipinski definition) is 0. The number of carbonyl (C=O) groups is 1. The van der Waals surface area contributed by atoms with Gasteiger partial charge < -0.3 is 9.47 Å². The zero-order valence-electron chi connectivity index (χ0n) is 6.91. The van der Waals surface area contributed by atoms with Gasteiger partial charge >= 0.3 is 0 Å². The summed E-state index contributed by atoms with van der Waals surface area (Å²) in [6.07, 6.45) is 2.06. The third-order valence-electron chi connectivity index (χ3n) is 1.24. The molecule has 0 aliphatic rings. The van der Waals surface area contributed by atoms with Gasteiger partial charge in [0.1, 0.15) is 0 Å². The van der Waals surface area contributed by atoms with Gasteiger partial charge in [-0.25, -0.2) is 0 Å². The highest BCUT2D eigenvalue weighted by molar-refractivity contribution is 5.37. The van der Waals surface area contributed by atoms with E-state index in [2.05, 4.69) is 18.6 Å². The molecule has 0 aromatic heterocycles. The first-order chi connectivity index (χ1) is 5.35. The highest BCUT2D eigenvalue weighted by atomic mass is 16.7. The summed E-state index contributed by atoms with van der Waals surface area (Å²) >= 11 is 0. The summed E-state index contributed by atoms with van der Waals surface area (Å²) in [6, 6.07) is 0. The van der Waals surface area contributed by atoms with Crippen molar-refractivity contribution < 1.29 is 14.3 Å². The summed E-state index contributed by atoms with van der Waals surface area (Å²) in [4.78, 5) is 9.88. The summed E-state index contributed by atoms with van der Waals surface area (Å²) in [5.41, 5.74) is 0. The maximum absolute atomic E-state index is 9.88. The fourth-order valence-corrected chi connectivity index (χ4v) is 0.612. The zero-order chi connectivity index (χ0) is 8.53. The average molecular weight is 159 g/mol. The van der Waals surface area contributed by atoms with Crippen LogP contribution in [0.4, 0.5) is 0 Å². The molecule has 1 unspecified atom stereocenters. The average Bonchev–Trinajstić information content (AvgIpc) is 2.03. The standard InChI is InChI=1S/C8H15O3/c1-3-5-6-10-8(4-2)11-7-9/h7-8H,2-6H2,1H3. The van der Waals surface area contributed by atoms with Gasteiger partial charge in [-0.05, 0) is 13.3 Å². The van der Waals surface area contributed by atoms with Crippen LogP contribution >= 0.6 is 0 Å². The molecule has 0 fully saturated rings.